The molecule has 1 aromatic rings. The summed E-state index contributed by atoms with van der Waals surface area (Å²) >= 11 is 0. The molecular weight excluding hydrogens is 198 g/mol. The Morgan fingerprint density at radius 2 is 1.88 bits per heavy atom. The molecule has 2 nitrogen and oxygen atoms in total. The van der Waals surface area contributed by atoms with Crippen LogP contribution < -0.4 is 0 Å². The zero-order valence-electron chi connectivity index (χ0n) is 9.70. The number of likely N-dealkylation sites (tertiary alicyclic amines) is 1. The standard InChI is InChI=1S/C14H17NO/c1-11-2-4-12(5-3-11)13(16)15-9-8-14(10-15)6-7-14/h2-5H,6-10H2,1H3. The SMILES string of the molecule is Cc1ccc(C(=O)N2CCC3(CC3)C2)cc1. The normalized spacial score (nSPS) is 21.4. The van der Waals surface area contributed by atoms with Crippen LogP contribution in [-0.2, 0) is 0 Å². The molecule has 1 heterocycles. The molecule has 0 radical (unpaired) electrons. The van der Waals surface area contributed by atoms with Crippen LogP contribution in [-0.4, -0.2) is 23.9 Å². The molecule has 1 saturated heterocycles. The van der Waals surface area contributed by atoms with Crippen molar-refractivity contribution in [1.82, 2.24) is 4.90 Å². The Morgan fingerprint density at radius 1 is 1.19 bits per heavy atom. The largest absolute Gasteiger partial charge is 0.338 e. The Bertz CT molecular complexity index is 417. The van der Waals surface area contributed by atoms with Crippen molar-refractivity contribution in [3.8, 4) is 0 Å². The Labute approximate surface area is 96.3 Å². The van der Waals surface area contributed by atoms with Crippen molar-refractivity contribution in [3.05, 3.63) is 35.4 Å². The summed E-state index contributed by atoms with van der Waals surface area (Å²) in [6.45, 7) is 3.98. The van der Waals surface area contributed by atoms with Crippen LogP contribution in [0.3, 0.4) is 0 Å². The van der Waals surface area contributed by atoms with Crippen molar-refractivity contribution < 1.29 is 4.79 Å². The van der Waals surface area contributed by atoms with Gasteiger partial charge in [-0.25, -0.2) is 0 Å². The van der Waals surface area contributed by atoms with E-state index in [0.717, 1.165) is 18.7 Å². The summed E-state index contributed by atoms with van der Waals surface area (Å²) in [5, 5.41) is 0. The van der Waals surface area contributed by atoms with E-state index in [1.807, 2.05) is 36.1 Å². The van der Waals surface area contributed by atoms with Crippen molar-refractivity contribution in [2.75, 3.05) is 13.1 Å². The van der Waals surface area contributed by atoms with E-state index in [1.165, 1.54) is 24.8 Å². The number of hydrogen-bond donors (Lipinski definition) is 0. The van der Waals surface area contributed by atoms with Gasteiger partial charge in [-0.05, 0) is 43.7 Å². The average Bonchev–Trinajstić information content (AvgIpc) is 2.89. The Hall–Kier alpha value is -1.31. The summed E-state index contributed by atoms with van der Waals surface area (Å²) in [7, 11) is 0. The lowest BCUT2D eigenvalue weighted by Gasteiger charge is -2.16. The van der Waals surface area contributed by atoms with Crippen LogP contribution in [0.25, 0.3) is 0 Å². The van der Waals surface area contributed by atoms with E-state index in [4.69, 9.17) is 0 Å². The second kappa shape index (κ2) is 3.34. The fourth-order valence-corrected chi connectivity index (χ4v) is 2.57. The lowest BCUT2D eigenvalue weighted by atomic mass is 10.1. The molecule has 0 unspecified atom stereocenters. The number of amides is 1. The number of nitrogens with zero attached hydrogens (tertiary/aromatic N) is 1. The van der Waals surface area contributed by atoms with Crippen LogP contribution in [0, 0.1) is 12.3 Å². The number of rotatable bonds is 1. The van der Waals surface area contributed by atoms with Gasteiger partial charge in [0.2, 0.25) is 0 Å². The number of hydrogen-bond acceptors (Lipinski definition) is 1. The first-order valence-electron chi connectivity index (χ1n) is 6.05. The first-order valence-corrected chi connectivity index (χ1v) is 6.05. The highest BCUT2D eigenvalue weighted by Gasteiger charge is 2.48. The van der Waals surface area contributed by atoms with Crippen molar-refractivity contribution in [1.29, 1.82) is 0 Å². The number of aryl methyl sites for hydroxylation is 1. The Morgan fingerprint density at radius 3 is 2.44 bits per heavy atom. The molecule has 2 fully saturated rings. The maximum Gasteiger partial charge on any atom is 0.253 e. The van der Waals surface area contributed by atoms with Gasteiger partial charge in [-0.3, -0.25) is 4.79 Å². The molecule has 0 bridgehead atoms. The molecule has 2 aliphatic rings. The van der Waals surface area contributed by atoms with Crippen LogP contribution in [0.4, 0.5) is 0 Å². The summed E-state index contributed by atoms with van der Waals surface area (Å²) in [5.74, 6) is 0.212. The lowest BCUT2D eigenvalue weighted by molar-refractivity contribution is 0.0785. The Kier molecular flexibility index (Phi) is 2.06. The van der Waals surface area contributed by atoms with Gasteiger partial charge < -0.3 is 4.90 Å². The summed E-state index contributed by atoms with van der Waals surface area (Å²) < 4.78 is 0. The van der Waals surface area contributed by atoms with E-state index in [0.29, 0.717) is 5.41 Å². The zero-order valence-corrected chi connectivity index (χ0v) is 9.70. The van der Waals surface area contributed by atoms with Gasteiger partial charge >= 0.3 is 0 Å². The predicted octanol–water partition coefficient (Wildman–Crippen LogP) is 2.62. The van der Waals surface area contributed by atoms with Crippen LogP contribution in [0.15, 0.2) is 24.3 Å². The average molecular weight is 215 g/mol. The summed E-state index contributed by atoms with van der Waals surface area (Å²) in [4.78, 5) is 14.2. The van der Waals surface area contributed by atoms with Crippen molar-refractivity contribution in [3.63, 3.8) is 0 Å². The van der Waals surface area contributed by atoms with Crippen LogP contribution in [0.5, 0.6) is 0 Å². The highest BCUT2D eigenvalue weighted by atomic mass is 16.2. The van der Waals surface area contributed by atoms with Crippen LogP contribution >= 0.6 is 0 Å². The van der Waals surface area contributed by atoms with Gasteiger partial charge in [-0.2, -0.15) is 0 Å². The number of benzene rings is 1. The predicted molar refractivity (Wildman–Crippen MR) is 63.4 cm³/mol. The van der Waals surface area contributed by atoms with Crippen LogP contribution in [0.2, 0.25) is 0 Å². The van der Waals surface area contributed by atoms with Gasteiger partial charge in [0.05, 0.1) is 0 Å². The van der Waals surface area contributed by atoms with Crippen molar-refractivity contribution in [2.24, 2.45) is 5.41 Å². The van der Waals surface area contributed by atoms with Gasteiger partial charge in [0, 0.05) is 18.7 Å². The third-order valence-electron chi connectivity index (χ3n) is 3.98. The molecule has 1 spiro atoms. The van der Waals surface area contributed by atoms with Gasteiger partial charge in [-0.1, -0.05) is 17.7 Å². The van der Waals surface area contributed by atoms with E-state index in [1.54, 1.807) is 0 Å². The van der Waals surface area contributed by atoms with Gasteiger partial charge in [-0.15, -0.1) is 0 Å². The van der Waals surface area contributed by atoms with E-state index in [9.17, 15) is 4.79 Å². The molecule has 1 amide bonds. The first-order chi connectivity index (χ1) is 7.69. The molecule has 1 aliphatic heterocycles. The van der Waals surface area contributed by atoms with Gasteiger partial charge in [0.15, 0.2) is 0 Å². The fourth-order valence-electron chi connectivity index (χ4n) is 2.57. The zero-order chi connectivity index (χ0) is 11.2. The molecule has 2 heteroatoms. The van der Waals surface area contributed by atoms with E-state index in [-0.39, 0.29) is 5.91 Å². The number of carbonyl (C=O) groups is 1. The lowest BCUT2D eigenvalue weighted by Crippen LogP contribution is -2.28. The smallest absolute Gasteiger partial charge is 0.253 e. The monoisotopic (exact) mass is 215 g/mol. The highest BCUT2D eigenvalue weighted by molar-refractivity contribution is 5.94. The fraction of sp³-hybridized carbons (Fsp3) is 0.500. The second-order valence-corrected chi connectivity index (χ2v) is 5.34. The van der Waals surface area contributed by atoms with Crippen LogP contribution in [0.1, 0.15) is 35.2 Å². The van der Waals surface area contributed by atoms with Gasteiger partial charge in [0.25, 0.3) is 5.91 Å². The molecule has 84 valence electrons. The van der Waals surface area contributed by atoms with Gasteiger partial charge in [0.1, 0.15) is 0 Å². The van der Waals surface area contributed by atoms with Crippen molar-refractivity contribution >= 4 is 5.91 Å². The summed E-state index contributed by atoms with van der Waals surface area (Å²) in [6, 6.07) is 7.90. The molecular formula is C14H17NO. The van der Waals surface area contributed by atoms with E-state index < -0.39 is 0 Å². The molecule has 0 atom stereocenters. The molecule has 0 N–H and O–H groups in total. The maximum absolute atomic E-state index is 12.2. The third kappa shape index (κ3) is 1.62. The molecule has 1 saturated carbocycles. The number of carbonyl (C=O) groups excluding carboxylic acids is 1. The van der Waals surface area contributed by atoms with Crippen molar-refractivity contribution in [2.45, 2.75) is 26.2 Å². The molecule has 0 aromatic heterocycles. The minimum Gasteiger partial charge on any atom is -0.338 e. The molecule has 1 aromatic carbocycles. The van der Waals surface area contributed by atoms with E-state index >= 15 is 0 Å². The van der Waals surface area contributed by atoms with E-state index in [2.05, 4.69) is 0 Å². The molecule has 16 heavy (non-hydrogen) atoms. The molecule has 3 rings (SSSR count). The Balaban J connectivity index is 1.75. The quantitative estimate of drug-likeness (QED) is 0.705. The molecule has 1 aliphatic carbocycles. The highest BCUT2D eigenvalue weighted by Crippen LogP contribution is 2.52. The summed E-state index contributed by atoms with van der Waals surface area (Å²) in [6.07, 6.45) is 3.86. The maximum atomic E-state index is 12.2. The second-order valence-electron chi connectivity index (χ2n) is 5.34. The third-order valence-corrected chi connectivity index (χ3v) is 3.98. The first kappa shape index (κ1) is 9.88. The summed E-state index contributed by atoms with van der Waals surface area (Å²) in [5.41, 5.74) is 2.57. The minimum absolute atomic E-state index is 0.212. The minimum atomic E-state index is 0.212. The topological polar surface area (TPSA) is 20.3 Å².